The molecule has 92 valence electrons. The molecule has 0 amide bonds. The van der Waals surface area contributed by atoms with Gasteiger partial charge in [0.25, 0.3) is 0 Å². The largest absolute Gasteiger partial charge is 0.382 e. The van der Waals surface area contributed by atoms with Crippen LogP contribution in [-0.2, 0) is 0 Å². The first kappa shape index (κ1) is 12.3. The van der Waals surface area contributed by atoms with Crippen LogP contribution >= 0.6 is 11.8 Å². The van der Waals surface area contributed by atoms with Crippen molar-refractivity contribution >= 4 is 34.8 Å². The van der Waals surface area contributed by atoms with Crippen molar-refractivity contribution in [2.45, 2.75) is 5.16 Å². The topological polar surface area (TPSA) is 103 Å². The molecular formula is C11H12N6S. The number of nitrogens with two attached hydrogens (primary N) is 2. The van der Waals surface area contributed by atoms with Crippen LogP contribution in [0.1, 0.15) is 0 Å². The molecular weight excluding hydrogens is 248 g/mol. The van der Waals surface area contributed by atoms with Crippen molar-refractivity contribution in [3.05, 3.63) is 30.3 Å². The molecule has 0 aliphatic rings. The number of azo groups is 1. The fourth-order valence-electron chi connectivity index (χ4n) is 1.26. The second-order valence-corrected chi connectivity index (χ2v) is 4.14. The van der Waals surface area contributed by atoms with E-state index in [1.54, 1.807) is 0 Å². The summed E-state index contributed by atoms with van der Waals surface area (Å²) < 4.78 is 0. The van der Waals surface area contributed by atoms with Crippen molar-refractivity contribution in [1.29, 1.82) is 0 Å². The maximum atomic E-state index is 5.76. The highest BCUT2D eigenvalue weighted by Gasteiger charge is 2.08. The molecule has 4 N–H and O–H groups in total. The number of rotatable bonds is 3. The van der Waals surface area contributed by atoms with Crippen LogP contribution in [0.3, 0.4) is 0 Å². The van der Waals surface area contributed by atoms with Gasteiger partial charge in [-0.15, -0.1) is 5.11 Å². The summed E-state index contributed by atoms with van der Waals surface area (Å²) in [4.78, 5) is 8.12. The molecule has 2 aromatic rings. The highest BCUT2D eigenvalue weighted by molar-refractivity contribution is 7.98. The minimum absolute atomic E-state index is 0.228. The van der Waals surface area contributed by atoms with Crippen LogP contribution in [0, 0.1) is 0 Å². The van der Waals surface area contributed by atoms with Gasteiger partial charge in [0.05, 0.1) is 5.69 Å². The van der Waals surface area contributed by atoms with Gasteiger partial charge in [-0.2, -0.15) is 5.11 Å². The molecule has 1 aromatic heterocycles. The van der Waals surface area contributed by atoms with Crippen molar-refractivity contribution in [2.75, 3.05) is 17.7 Å². The number of benzene rings is 1. The Balaban J connectivity index is 2.32. The van der Waals surface area contributed by atoms with E-state index in [1.165, 1.54) is 11.8 Å². The van der Waals surface area contributed by atoms with Crippen molar-refractivity contribution in [2.24, 2.45) is 10.2 Å². The molecule has 0 radical (unpaired) electrons. The molecule has 6 nitrogen and oxygen atoms in total. The quantitative estimate of drug-likeness (QED) is 0.502. The monoisotopic (exact) mass is 260 g/mol. The maximum absolute atomic E-state index is 5.76. The van der Waals surface area contributed by atoms with Crippen molar-refractivity contribution in [3.63, 3.8) is 0 Å². The third kappa shape index (κ3) is 2.75. The van der Waals surface area contributed by atoms with Crippen LogP contribution < -0.4 is 11.5 Å². The van der Waals surface area contributed by atoms with Crippen LogP contribution in [0.2, 0.25) is 0 Å². The first-order valence-electron chi connectivity index (χ1n) is 5.14. The number of thioether (sulfide) groups is 1. The molecule has 0 aliphatic carbocycles. The lowest BCUT2D eigenvalue weighted by Gasteiger charge is -2.03. The first-order valence-corrected chi connectivity index (χ1v) is 6.37. The van der Waals surface area contributed by atoms with E-state index < -0.39 is 0 Å². The molecule has 0 bridgehead atoms. The molecule has 0 unspecified atom stereocenters. The third-order valence-corrected chi connectivity index (χ3v) is 2.67. The van der Waals surface area contributed by atoms with Gasteiger partial charge in [0.15, 0.2) is 22.5 Å². The zero-order chi connectivity index (χ0) is 13.0. The Morgan fingerprint density at radius 2 is 1.61 bits per heavy atom. The minimum Gasteiger partial charge on any atom is -0.382 e. The van der Waals surface area contributed by atoms with Gasteiger partial charge in [-0.25, -0.2) is 9.97 Å². The summed E-state index contributed by atoms with van der Waals surface area (Å²) in [6.45, 7) is 0. The van der Waals surface area contributed by atoms with E-state index >= 15 is 0 Å². The van der Waals surface area contributed by atoms with Crippen LogP contribution in [-0.4, -0.2) is 16.2 Å². The van der Waals surface area contributed by atoms with Gasteiger partial charge in [-0.3, -0.25) is 0 Å². The Bertz CT molecular complexity index is 546. The van der Waals surface area contributed by atoms with Gasteiger partial charge in [-0.05, 0) is 18.4 Å². The molecule has 0 aliphatic heterocycles. The van der Waals surface area contributed by atoms with E-state index in [2.05, 4.69) is 20.2 Å². The van der Waals surface area contributed by atoms with Gasteiger partial charge >= 0.3 is 0 Å². The van der Waals surface area contributed by atoms with Crippen LogP contribution in [0.5, 0.6) is 0 Å². The number of hydrogen-bond donors (Lipinski definition) is 2. The number of nitrogen functional groups attached to an aromatic ring is 2. The zero-order valence-corrected chi connectivity index (χ0v) is 10.6. The van der Waals surface area contributed by atoms with Crippen molar-refractivity contribution in [3.8, 4) is 0 Å². The molecule has 0 fully saturated rings. The highest BCUT2D eigenvalue weighted by atomic mass is 32.2. The summed E-state index contributed by atoms with van der Waals surface area (Å²) in [7, 11) is 0. The summed E-state index contributed by atoms with van der Waals surface area (Å²) >= 11 is 1.37. The SMILES string of the molecule is CSc1nc(N)c(N=Nc2ccccc2)c(N)n1. The molecule has 2 rings (SSSR count). The standard InChI is InChI=1S/C11H12N6S/c1-18-11-14-9(12)8(10(13)15-11)17-16-7-5-3-2-4-6-7/h2-6H,1H3,(H4,12,13,14,15). The predicted molar refractivity (Wildman–Crippen MR) is 73.3 cm³/mol. The lowest BCUT2D eigenvalue weighted by atomic mass is 10.3. The fourth-order valence-corrected chi connectivity index (χ4v) is 1.64. The summed E-state index contributed by atoms with van der Waals surface area (Å²) in [6.07, 6.45) is 1.85. The molecule has 0 saturated carbocycles. The lowest BCUT2D eigenvalue weighted by molar-refractivity contribution is 0.980. The van der Waals surface area contributed by atoms with E-state index in [1.807, 2.05) is 36.6 Å². The Hall–Kier alpha value is -2.15. The smallest absolute Gasteiger partial charge is 0.191 e. The highest BCUT2D eigenvalue weighted by Crippen LogP contribution is 2.29. The Morgan fingerprint density at radius 1 is 1.00 bits per heavy atom. The normalized spacial score (nSPS) is 10.9. The van der Waals surface area contributed by atoms with E-state index in [-0.39, 0.29) is 11.6 Å². The summed E-state index contributed by atoms with van der Waals surface area (Å²) in [6, 6.07) is 9.29. The van der Waals surface area contributed by atoms with E-state index in [4.69, 9.17) is 11.5 Å². The molecule has 0 atom stereocenters. The minimum atomic E-state index is 0.228. The average Bonchev–Trinajstić information content (AvgIpc) is 2.38. The summed E-state index contributed by atoms with van der Waals surface area (Å²) in [5, 5.41) is 8.54. The van der Waals surface area contributed by atoms with Gasteiger partial charge in [-0.1, -0.05) is 30.0 Å². The molecule has 1 aromatic carbocycles. The Morgan fingerprint density at radius 3 is 2.17 bits per heavy atom. The predicted octanol–water partition coefficient (Wildman–Crippen LogP) is 2.78. The van der Waals surface area contributed by atoms with Crippen LogP contribution in [0.4, 0.5) is 23.0 Å². The summed E-state index contributed by atoms with van der Waals surface area (Å²) in [5.41, 5.74) is 12.5. The number of nitrogens with zero attached hydrogens (tertiary/aromatic N) is 4. The number of aromatic nitrogens is 2. The fraction of sp³-hybridized carbons (Fsp3) is 0.0909. The van der Waals surface area contributed by atoms with E-state index in [0.29, 0.717) is 16.5 Å². The zero-order valence-electron chi connectivity index (χ0n) is 9.74. The maximum Gasteiger partial charge on any atom is 0.191 e. The van der Waals surface area contributed by atoms with Crippen molar-refractivity contribution in [1.82, 2.24) is 9.97 Å². The van der Waals surface area contributed by atoms with Gasteiger partial charge in [0, 0.05) is 0 Å². The lowest BCUT2D eigenvalue weighted by Crippen LogP contribution is -2.00. The first-order chi connectivity index (χ1) is 8.70. The third-order valence-electron chi connectivity index (χ3n) is 2.12. The Kier molecular flexibility index (Phi) is 3.73. The second-order valence-electron chi connectivity index (χ2n) is 3.36. The average molecular weight is 260 g/mol. The molecule has 0 spiro atoms. The van der Waals surface area contributed by atoms with Crippen LogP contribution in [0.25, 0.3) is 0 Å². The second kappa shape index (κ2) is 5.46. The Labute approximate surface area is 109 Å². The molecule has 1 heterocycles. The van der Waals surface area contributed by atoms with Crippen molar-refractivity contribution < 1.29 is 0 Å². The molecule has 0 saturated heterocycles. The summed E-state index contributed by atoms with van der Waals surface area (Å²) in [5.74, 6) is 0.457. The van der Waals surface area contributed by atoms with E-state index in [0.717, 1.165) is 0 Å². The molecule has 7 heteroatoms. The van der Waals surface area contributed by atoms with Crippen LogP contribution in [0.15, 0.2) is 45.7 Å². The molecule has 18 heavy (non-hydrogen) atoms. The van der Waals surface area contributed by atoms with Gasteiger partial charge in [0.2, 0.25) is 0 Å². The number of anilines is 2. The van der Waals surface area contributed by atoms with Gasteiger partial charge in [0.1, 0.15) is 0 Å². The number of hydrogen-bond acceptors (Lipinski definition) is 7. The van der Waals surface area contributed by atoms with E-state index in [9.17, 15) is 0 Å². The van der Waals surface area contributed by atoms with Gasteiger partial charge < -0.3 is 11.5 Å².